The molecule has 1 aromatic heterocycles. The standard InChI is InChI=1S/C23H31N3O2/c27-23(17-10-11-17)21-14-19-16-25(12-5-13-26(19)24-21)15-18-6-1-4-9-22(18)28-20-7-2-3-8-20/h1,4,6,9,14,17,20,23,27H,2-3,5,7-8,10-13,15-16H2/t23-/m0/s1. The molecule has 2 aromatic rings. The third-order valence-electron chi connectivity index (χ3n) is 6.45. The van der Waals surface area contributed by atoms with Crippen LogP contribution >= 0.6 is 0 Å². The smallest absolute Gasteiger partial charge is 0.124 e. The van der Waals surface area contributed by atoms with E-state index in [4.69, 9.17) is 9.84 Å². The van der Waals surface area contributed by atoms with Gasteiger partial charge in [0, 0.05) is 31.7 Å². The Bertz CT molecular complexity index is 808. The highest BCUT2D eigenvalue weighted by atomic mass is 16.5. The molecule has 3 aliphatic rings. The second-order valence-electron chi connectivity index (χ2n) is 8.76. The Morgan fingerprint density at radius 3 is 2.71 bits per heavy atom. The van der Waals surface area contributed by atoms with E-state index in [2.05, 4.69) is 39.9 Å². The first-order chi connectivity index (χ1) is 13.8. The third kappa shape index (κ3) is 3.96. The number of hydrogen-bond donors (Lipinski definition) is 1. The minimum Gasteiger partial charge on any atom is -0.490 e. The Labute approximate surface area is 167 Å². The van der Waals surface area contributed by atoms with Crippen molar-refractivity contribution in [3.05, 3.63) is 47.3 Å². The predicted octanol–water partition coefficient (Wildman–Crippen LogP) is 4.05. The minimum absolute atomic E-state index is 0.381. The number of nitrogens with zero attached hydrogens (tertiary/aromatic N) is 3. The quantitative estimate of drug-likeness (QED) is 0.820. The average molecular weight is 382 g/mol. The van der Waals surface area contributed by atoms with Crippen molar-refractivity contribution < 1.29 is 9.84 Å². The number of aliphatic hydroxyl groups is 1. The van der Waals surface area contributed by atoms with E-state index < -0.39 is 0 Å². The van der Waals surface area contributed by atoms with E-state index in [-0.39, 0.29) is 6.10 Å². The van der Waals surface area contributed by atoms with E-state index in [1.807, 2.05) is 0 Å². The molecular weight excluding hydrogens is 350 g/mol. The summed E-state index contributed by atoms with van der Waals surface area (Å²) in [5, 5.41) is 15.2. The lowest BCUT2D eigenvalue weighted by atomic mass is 10.1. The number of aryl methyl sites for hydroxylation is 1. The summed E-state index contributed by atoms with van der Waals surface area (Å²) in [4.78, 5) is 2.49. The van der Waals surface area contributed by atoms with Gasteiger partial charge in [0.05, 0.1) is 17.5 Å². The molecule has 5 nitrogen and oxygen atoms in total. The van der Waals surface area contributed by atoms with E-state index in [1.54, 1.807) is 0 Å². The molecule has 150 valence electrons. The maximum atomic E-state index is 10.4. The van der Waals surface area contributed by atoms with Crippen LogP contribution in [0.1, 0.15) is 68.0 Å². The van der Waals surface area contributed by atoms with Crippen molar-refractivity contribution in [1.29, 1.82) is 0 Å². The van der Waals surface area contributed by atoms with Crippen molar-refractivity contribution in [2.24, 2.45) is 5.92 Å². The highest BCUT2D eigenvalue weighted by Gasteiger charge is 2.33. The number of rotatable bonds is 6. The van der Waals surface area contributed by atoms with Gasteiger partial charge in [0.2, 0.25) is 0 Å². The summed E-state index contributed by atoms with van der Waals surface area (Å²) in [7, 11) is 0. The van der Waals surface area contributed by atoms with Gasteiger partial charge in [-0.2, -0.15) is 5.10 Å². The van der Waals surface area contributed by atoms with Gasteiger partial charge in [-0.05, 0) is 63.0 Å². The maximum Gasteiger partial charge on any atom is 0.124 e. The lowest BCUT2D eigenvalue weighted by Gasteiger charge is -2.22. The topological polar surface area (TPSA) is 50.5 Å². The molecule has 1 aromatic carbocycles. The fourth-order valence-electron chi connectivity index (χ4n) is 4.66. The molecule has 1 aliphatic heterocycles. The lowest BCUT2D eigenvalue weighted by Crippen LogP contribution is -2.23. The molecule has 28 heavy (non-hydrogen) atoms. The summed E-state index contributed by atoms with van der Waals surface area (Å²) in [6.07, 6.45) is 8.30. The van der Waals surface area contributed by atoms with E-state index in [0.717, 1.165) is 56.9 Å². The van der Waals surface area contributed by atoms with Crippen LogP contribution in [-0.4, -0.2) is 32.4 Å². The van der Waals surface area contributed by atoms with Crippen LogP contribution in [0.3, 0.4) is 0 Å². The lowest BCUT2D eigenvalue weighted by molar-refractivity contribution is 0.148. The summed E-state index contributed by atoms with van der Waals surface area (Å²) < 4.78 is 8.45. The monoisotopic (exact) mass is 381 g/mol. The highest BCUT2D eigenvalue weighted by molar-refractivity contribution is 5.33. The second-order valence-corrected chi connectivity index (χ2v) is 8.76. The number of para-hydroxylation sites is 1. The molecule has 0 radical (unpaired) electrons. The number of fused-ring (bicyclic) bond motifs is 1. The van der Waals surface area contributed by atoms with Gasteiger partial charge in [0.15, 0.2) is 0 Å². The van der Waals surface area contributed by atoms with Gasteiger partial charge < -0.3 is 9.84 Å². The van der Waals surface area contributed by atoms with Crippen molar-refractivity contribution >= 4 is 0 Å². The van der Waals surface area contributed by atoms with Crippen LogP contribution < -0.4 is 4.74 Å². The molecule has 2 aliphatic carbocycles. The van der Waals surface area contributed by atoms with Crippen LogP contribution in [0, 0.1) is 5.92 Å². The maximum absolute atomic E-state index is 10.4. The zero-order valence-corrected chi connectivity index (χ0v) is 16.6. The molecule has 0 bridgehead atoms. The third-order valence-corrected chi connectivity index (χ3v) is 6.45. The van der Waals surface area contributed by atoms with Crippen LogP contribution in [0.5, 0.6) is 5.75 Å². The van der Waals surface area contributed by atoms with Crippen molar-refractivity contribution in [1.82, 2.24) is 14.7 Å². The van der Waals surface area contributed by atoms with Crippen LogP contribution in [-0.2, 0) is 19.6 Å². The Balaban J connectivity index is 1.29. The van der Waals surface area contributed by atoms with E-state index in [0.29, 0.717) is 12.0 Å². The Kier molecular flexibility index (Phi) is 5.12. The Hall–Kier alpha value is -1.85. The summed E-state index contributed by atoms with van der Waals surface area (Å²) in [6.45, 7) is 3.77. The first-order valence-electron chi connectivity index (χ1n) is 11.0. The number of aliphatic hydroxyl groups excluding tert-OH is 1. The SMILES string of the molecule is O[C@H](c1cc2n(n1)CCCN(Cc1ccccc1OC1CCCC1)C2)C1CC1. The van der Waals surface area contributed by atoms with Crippen molar-refractivity contribution in [2.45, 2.75) is 76.8 Å². The van der Waals surface area contributed by atoms with Gasteiger partial charge in [-0.25, -0.2) is 0 Å². The van der Waals surface area contributed by atoms with Gasteiger partial charge in [-0.3, -0.25) is 9.58 Å². The fourth-order valence-corrected chi connectivity index (χ4v) is 4.66. The molecule has 2 fully saturated rings. The van der Waals surface area contributed by atoms with E-state index >= 15 is 0 Å². The summed E-state index contributed by atoms with van der Waals surface area (Å²) >= 11 is 0. The summed E-state index contributed by atoms with van der Waals surface area (Å²) in [6, 6.07) is 10.6. The van der Waals surface area contributed by atoms with Crippen LogP contribution in [0.25, 0.3) is 0 Å². The fraction of sp³-hybridized carbons (Fsp3) is 0.609. The van der Waals surface area contributed by atoms with Crippen LogP contribution in [0.2, 0.25) is 0 Å². The molecular formula is C23H31N3O2. The van der Waals surface area contributed by atoms with Gasteiger partial charge in [0.25, 0.3) is 0 Å². The number of hydrogen-bond acceptors (Lipinski definition) is 4. The van der Waals surface area contributed by atoms with Crippen molar-refractivity contribution in [2.75, 3.05) is 6.54 Å². The number of aromatic nitrogens is 2. The average Bonchev–Trinajstić information content (AvgIpc) is 3.35. The molecule has 1 N–H and O–H groups in total. The molecule has 2 heterocycles. The van der Waals surface area contributed by atoms with Gasteiger partial charge in [0.1, 0.15) is 11.9 Å². The predicted molar refractivity (Wildman–Crippen MR) is 108 cm³/mol. The van der Waals surface area contributed by atoms with E-state index in [9.17, 15) is 5.11 Å². The molecule has 5 heteroatoms. The Morgan fingerprint density at radius 2 is 1.89 bits per heavy atom. The largest absolute Gasteiger partial charge is 0.490 e. The number of benzene rings is 1. The van der Waals surface area contributed by atoms with Crippen LogP contribution in [0.15, 0.2) is 30.3 Å². The molecule has 2 saturated carbocycles. The first kappa shape index (κ1) is 18.2. The van der Waals surface area contributed by atoms with Crippen molar-refractivity contribution in [3.63, 3.8) is 0 Å². The minimum atomic E-state index is -0.381. The normalized spacial score (nSPS) is 22.0. The zero-order chi connectivity index (χ0) is 18.9. The molecule has 1 atom stereocenters. The second kappa shape index (κ2) is 7.88. The van der Waals surface area contributed by atoms with Crippen molar-refractivity contribution in [3.8, 4) is 5.75 Å². The van der Waals surface area contributed by atoms with Gasteiger partial charge >= 0.3 is 0 Å². The molecule has 0 spiro atoms. The highest BCUT2D eigenvalue weighted by Crippen LogP contribution is 2.40. The Morgan fingerprint density at radius 1 is 1.07 bits per heavy atom. The van der Waals surface area contributed by atoms with Crippen LogP contribution in [0.4, 0.5) is 0 Å². The zero-order valence-electron chi connectivity index (χ0n) is 16.6. The number of ether oxygens (including phenoxy) is 1. The summed E-state index contributed by atoms with van der Waals surface area (Å²) in [5.74, 6) is 1.48. The molecule has 0 saturated heterocycles. The first-order valence-corrected chi connectivity index (χ1v) is 11.0. The summed E-state index contributed by atoms with van der Waals surface area (Å²) in [5.41, 5.74) is 3.37. The molecule has 5 rings (SSSR count). The molecule has 0 unspecified atom stereocenters. The van der Waals surface area contributed by atoms with Gasteiger partial charge in [-0.15, -0.1) is 0 Å². The molecule has 0 amide bonds. The van der Waals surface area contributed by atoms with Gasteiger partial charge in [-0.1, -0.05) is 18.2 Å². The van der Waals surface area contributed by atoms with E-state index in [1.165, 1.54) is 36.9 Å².